The predicted molar refractivity (Wildman–Crippen MR) is 85.0 cm³/mol. The van der Waals surface area contributed by atoms with Gasteiger partial charge in [-0.15, -0.1) is 0 Å². The van der Waals surface area contributed by atoms with E-state index in [0.717, 1.165) is 5.56 Å². The average Bonchev–Trinajstić information content (AvgIpc) is 2.86. The van der Waals surface area contributed by atoms with Crippen LogP contribution >= 0.6 is 0 Å². The molecule has 0 aliphatic carbocycles. The first-order valence-electron chi connectivity index (χ1n) is 7.70. The number of hydrogen-bond donors (Lipinski definition) is 1. The molecule has 1 heterocycles. The van der Waals surface area contributed by atoms with E-state index in [-0.39, 0.29) is 43.7 Å². The van der Waals surface area contributed by atoms with E-state index in [0.29, 0.717) is 5.56 Å². The van der Waals surface area contributed by atoms with E-state index in [1.165, 1.54) is 9.80 Å². The first-order valence-corrected chi connectivity index (χ1v) is 7.70. The molecule has 0 radical (unpaired) electrons. The van der Waals surface area contributed by atoms with Gasteiger partial charge in [0, 0.05) is 32.0 Å². The van der Waals surface area contributed by atoms with Gasteiger partial charge in [0.25, 0.3) is 5.91 Å². The minimum Gasteiger partial charge on any atom is -0.481 e. The normalized spacial score (nSPS) is 15.5. The monoisotopic (exact) mass is 332 g/mol. The lowest BCUT2D eigenvalue weighted by atomic mass is 10.1. The Kier molecular flexibility index (Phi) is 5.33. The van der Waals surface area contributed by atoms with E-state index < -0.39 is 11.9 Å². The third-order valence-electron chi connectivity index (χ3n) is 4.01. The van der Waals surface area contributed by atoms with Gasteiger partial charge in [-0.25, -0.2) is 0 Å². The Balaban J connectivity index is 2.00. The number of hydrogen-bond acceptors (Lipinski definition) is 4. The maximum Gasteiger partial charge on any atom is 0.308 e. The Morgan fingerprint density at radius 1 is 1.17 bits per heavy atom. The number of imide groups is 1. The molecular weight excluding hydrogens is 312 g/mol. The summed E-state index contributed by atoms with van der Waals surface area (Å²) < 4.78 is 0. The van der Waals surface area contributed by atoms with E-state index in [2.05, 4.69) is 0 Å². The number of benzene rings is 1. The van der Waals surface area contributed by atoms with Crippen molar-refractivity contribution in [1.29, 1.82) is 0 Å². The molecule has 1 aromatic rings. The lowest BCUT2D eigenvalue weighted by Crippen LogP contribution is -2.33. The van der Waals surface area contributed by atoms with Gasteiger partial charge in [0.05, 0.1) is 12.5 Å². The van der Waals surface area contributed by atoms with E-state index >= 15 is 0 Å². The van der Waals surface area contributed by atoms with E-state index in [1.54, 1.807) is 38.2 Å². The summed E-state index contributed by atoms with van der Waals surface area (Å²) in [7, 11) is 1.55. The van der Waals surface area contributed by atoms with E-state index in [1.807, 2.05) is 0 Å². The highest BCUT2D eigenvalue weighted by atomic mass is 16.4. The van der Waals surface area contributed by atoms with Crippen LogP contribution in [0.15, 0.2) is 24.3 Å². The van der Waals surface area contributed by atoms with Crippen LogP contribution in [0.3, 0.4) is 0 Å². The Labute approximate surface area is 139 Å². The minimum absolute atomic E-state index is 0.118. The molecule has 7 heteroatoms. The van der Waals surface area contributed by atoms with Crippen LogP contribution in [0.25, 0.3) is 0 Å². The van der Waals surface area contributed by atoms with Crippen molar-refractivity contribution < 1.29 is 24.3 Å². The summed E-state index contributed by atoms with van der Waals surface area (Å²) >= 11 is 0. The first kappa shape index (κ1) is 17.7. The van der Waals surface area contributed by atoms with Crippen molar-refractivity contribution in [2.75, 3.05) is 13.6 Å². The zero-order chi connectivity index (χ0) is 17.9. The summed E-state index contributed by atoms with van der Waals surface area (Å²) in [5.41, 5.74) is 1.19. The zero-order valence-corrected chi connectivity index (χ0v) is 13.7. The summed E-state index contributed by atoms with van der Waals surface area (Å²) in [4.78, 5) is 48.9. The highest BCUT2D eigenvalue weighted by Crippen LogP contribution is 2.16. The van der Waals surface area contributed by atoms with Gasteiger partial charge >= 0.3 is 5.97 Å². The Morgan fingerprint density at radius 2 is 1.71 bits per heavy atom. The predicted octanol–water partition coefficient (Wildman–Crippen LogP) is 1.13. The number of aliphatic carboxylic acids is 1. The van der Waals surface area contributed by atoms with E-state index in [9.17, 15) is 19.2 Å². The van der Waals surface area contributed by atoms with Crippen LogP contribution in [0.2, 0.25) is 0 Å². The number of amides is 3. The molecule has 1 fully saturated rings. The molecule has 0 spiro atoms. The molecule has 128 valence electrons. The molecule has 0 saturated carbocycles. The number of carbonyl (C=O) groups is 4. The number of rotatable bonds is 6. The number of nitrogens with zero attached hydrogens (tertiary/aromatic N) is 2. The van der Waals surface area contributed by atoms with Crippen molar-refractivity contribution >= 4 is 23.7 Å². The van der Waals surface area contributed by atoms with Crippen LogP contribution in [0, 0.1) is 5.92 Å². The molecule has 1 aliphatic rings. The SMILES string of the molecule is CC(CN(C)C(=O)c1ccc(CN2C(=O)CCC2=O)cc1)C(=O)O. The van der Waals surface area contributed by atoms with Gasteiger partial charge in [0.1, 0.15) is 0 Å². The molecule has 1 saturated heterocycles. The molecular formula is C17H20N2O5. The quantitative estimate of drug-likeness (QED) is 0.788. The summed E-state index contributed by atoms with van der Waals surface area (Å²) in [5, 5.41) is 8.90. The van der Waals surface area contributed by atoms with E-state index in [4.69, 9.17) is 5.11 Å². The number of likely N-dealkylation sites (tertiary alicyclic amines) is 1. The second-order valence-corrected chi connectivity index (χ2v) is 6.00. The molecule has 0 bridgehead atoms. The maximum absolute atomic E-state index is 12.3. The van der Waals surface area contributed by atoms with Gasteiger partial charge in [-0.05, 0) is 17.7 Å². The van der Waals surface area contributed by atoms with Crippen LogP contribution in [0.1, 0.15) is 35.7 Å². The van der Waals surface area contributed by atoms with Gasteiger partial charge in [-0.1, -0.05) is 19.1 Å². The van der Waals surface area contributed by atoms with Crippen LogP contribution in [0.4, 0.5) is 0 Å². The van der Waals surface area contributed by atoms with Crippen molar-refractivity contribution in [3.05, 3.63) is 35.4 Å². The summed E-state index contributed by atoms with van der Waals surface area (Å²) in [6.45, 7) is 1.87. The highest BCUT2D eigenvalue weighted by Gasteiger charge is 2.28. The zero-order valence-electron chi connectivity index (χ0n) is 13.7. The fourth-order valence-corrected chi connectivity index (χ4v) is 2.53. The summed E-state index contributed by atoms with van der Waals surface area (Å²) in [5.74, 6) is -2.23. The molecule has 1 aliphatic heterocycles. The molecule has 2 rings (SSSR count). The number of carbonyl (C=O) groups excluding carboxylic acids is 3. The Hall–Kier alpha value is -2.70. The highest BCUT2D eigenvalue weighted by molar-refractivity contribution is 6.01. The molecule has 7 nitrogen and oxygen atoms in total. The molecule has 3 amide bonds. The summed E-state index contributed by atoms with van der Waals surface area (Å²) in [6.07, 6.45) is 0.504. The Bertz CT molecular complexity index is 652. The molecule has 1 unspecified atom stereocenters. The summed E-state index contributed by atoms with van der Waals surface area (Å²) in [6, 6.07) is 6.62. The first-order chi connectivity index (χ1) is 11.3. The van der Waals surface area contributed by atoms with Gasteiger partial charge in [-0.3, -0.25) is 24.1 Å². The Morgan fingerprint density at radius 3 is 2.21 bits per heavy atom. The van der Waals surface area contributed by atoms with Crippen molar-refractivity contribution in [1.82, 2.24) is 9.80 Å². The lowest BCUT2D eigenvalue weighted by Gasteiger charge is -2.20. The van der Waals surface area contributed by atoms with Crippen LogP contribution in [-0.4, -0.2) is 52.2 Å². The molecule has 1 N–H and O–H groups in total. The van der Waals surface area contributed by atoms with Crippen molar-refractivity contribution in [2.24, 2.45) is 5.92 Å². The minimum atomic E-state index is -0.954. The average molecular weight is 332 g/mol. The topological polar surface area (TPSA) is 95.0 Å². The molecule has 1 aromatic carbocycles. The van der Waals surface area contributed by atoms with Crippen LogP contribution in [0.5, 0.6) is 0 Å². The second-order valence-electron chi connectivity index (χ2n) is 6.00. The van der Waals surface area contributed by atoms with Crippen LogP contribution < -0.4 is 0 Å². The van der Waals surface area contributed by atoms with Crippen molar-refractivity contribution in [3.8, 4) is 0 Å². The van der Waals surface area contributed by atoms with Crippen molar-refractivity contribution in [2.45, 2.75) is 26.3 Å². The van der Waals surface area contributed by atoms with Gasteiger partial charge in [0.2, 0.25) is 11.8 Å². The molecule has 0 aromatic heterocycles. The van der Waals surface area contributed by atoms with Gasteiger partial charge < -0.3 is 10.0 Å². The van der Waals surface area contributed by atoms with Gasteiger partial charge in [0.15, 0.2) is 0 Å². The maximum atomic E-state index is 12.3. The number of carboxylic acids is 1. The largest absolute Gasteiger partial charge is 0.481 e. The third kappa shape index (κ3) is 3.98. The van der Waals surface area contributed by atoms with Crippen molar-refractivity contribution in [3.63, 3.8) is 0 Å². The number of carboxylic acid groups (broad SMARTS) is 1. The lowest BCUT2D eigenvalue weighted by molar-refractivity contribution is -0.141. The smallest absolute Gasteiger partial charge is 0.308 e. The second kappa shape index (κ2) is 7.25. The third-order valence-corrected chi connectivity index (χ3v) is 4.01. The standard InChI is InChI=1S/C17H20N2O5/c1-11(17(23)24)9-18(2)16(22)13-5-3-12(4-6-13)10-19-14(20)7-8-15(19)21/h3-6,11H,7-10H2,1-2H3,(H,23,24). The molecule has 1 atom stereocenters. The fraction of sp³-hybridized carbons (Fsp3) is 0.412. The van der Waals surface area contributed by atoms with Crippen LogP contribution in [-0.2, 0) is 20.9 Å². The fourth-order valence-electron chi connectivity index (χ4n) is 2.53. The molecule has 24 heavy (non-hydrogen) atoms. The van der Waals surface area contributed by atoms with Gasteiger partial charge in [-0.2, -0.15) is 0 Å².